The lowest BCUT2D eigenvalue weighted by Gasteiger charge is -2.09. The first kappa shape index (κ1) is 20.2. The van der Waals surface area contributed by atoms with Gasteiger partial charge >= 0.3 is 0 Å². The number of aryl methyl sites for hydroxylation is 1. The van der Waals surface area contributed by atoms with Crippen molar-refractivity contribution in [3.63, 3.8) is 0 Å². The number of nitrogens with zero attached hydrogens (tertiary/aromatic N) is 3. The van der Waals surface area contributed by atoms with Gasteiger partial charge in [0, 0.05) is 16.9 Å². The molecule has 5 rings (SSSR count). The second kappa shape index (κ2) is 8.80. The number of benzene rings is 2. The molecule has 0 unspecified atom stereocenters. The van der Waals surface area contributed by atoms with Crippen LogP contribution in [-0.2, 0) is 17.6 Å². The van der Waals surface area contributed by atoms with Crippen LogP contribution in [0.4, 0.5) is 10.2 Å². The summed E-state index contributed by atoms with van der Waals surface area (Å²) in [4.78, 5) is 18.4. The Balaban J connectivity index is 1.27. The second-order valence-corrected chi connectivity index (χ2v) is 9.63. The molecule has 0 radical (unpaired) electrons. The van der Waals surface area contributed by atoms with Crippen LogP contribution >= 0.6 is 23.1 Å². The summed E-state index contributed by atoms with van der Waals surface area (Å²) in [7, 11) is 0. The van der Waals surface area contributed by atoms with Gasteiger partial charge in [-0.1, -0.05) is 23.5 Å². The summed E-state index contributed by atoms with van der Waals surface area (Å²) in [5.41, 5.74) is 3.13. The Kier molecular flexibility index (Phi) is 5.74. The molecule has 1 aliphatic carbocycles. The Hall–Kier alpha value is -2.71. The number of thiazole rings is 1. The molecule has 0 atom stereocenters. The Morgan fingerprint density at radius 3 is 2.84 bits per heavy atom. The van der Waals surface area contributed by atoms with E-state index in [0.29, 0.717) is 6.42 Å². The standard InChI is InChI=1S/C23H21FN4OS2/c24-15-10-12-16(13-11-15)30-14-4-9-21(29)26-22-17-5-3-7-18(17)27-28(22)23-25-19-6-1-2-8-20(19)31-23/h1-2,6,8,10-13H,3-5,7,9,14H2,(H,26,29). The highest BCUT2D eigenvalue weighted by atomic mass is 32.2. The molecule has 8 heteroatoms. The Morgan fingerprint density at radius 2 is 2.00 bits per heavy atom. The first-order chi connectivity index (χ1) is 15.2. The quantitative estimate of drug-likeness (QED) is 0.292. The minimum atomic E-state index is -0.235. The summed E-state index contributed by atoms with van der Waals surface area (Å²) in [5, 5.41) is 8.65. The number of thioether (sulfide) groups is 1. The summed E-state index contributed by atoms with van der Waals surface area (Å²) in [5.74, 6) is 1.31. The zero-order valence-corrected chi connectivity index (χ0v) is 18.4. The van der Waals surface area contributed by atoms with Gasteiger partial charge in [-0.2, -0.15) is 9.78 Å². The van der Waals surface area contributed by atoms with Crippen LogP contribution in [0.2, 0.25) is 0 Å². The highest BCUT2D eigenvalue weighted by molar-refractivity contribution is 7.99. The monoisotopic (exact) mass is 452 g/mol. The normalized spacial score (nSPS) is 12.9. The van der Waals surface area contributed by atoms with Gasteiger partial charge in [-0.15, -0.1) is 11.8 Å². The van der Waals surface area contributed by atoms with Crippen LogP contribution in [0.15, 0.2) is 53.4 Å². The van der Waals surface area contributed by atoms with Gasteiger partial charge in [-0.3, -0.25) is 4.79 Å². The average molecular weight is 453 g/mol. The van der Waals surface area contributed by atoms with E-state index >= 15 is 0 Å². The van der Waals surface area contributed by atoms with Crippen molar-refractivity contribution in [2.24, 2.45) is 0 Å². The van der Waals surface area contributed by atoms with E-state index in [1.54, 1.807) is 39.9 Å². The number of aromatic nitrogens is 3. The molecule has 158 valence electrons. The van der Waals surface area contributed by atoms with E-state index in [4.69, 9.17) is 10.1 Å². The molecule has 2 aromatic carbocycles. The molecule has 0 bridgehead atoms. The summed E-state index contributed by atoms with van der Waals surface area (Å²) in [6.07, 6.45) is 4.09. The van der Waals surface area contributed by atoms with Crippen LogP contribution in [0.3, 0.4) is 0 Å². The van der Waals surface area contributed by atoms with Gasteiger partial charge < -0.3 is 5.32 Å². The number of para-hydroxylation sites is 1. The lowest BCUT2D eigenvalue weighted by molar-refractivity contribution is -0.116. The maximum absolute atomic E-state index is 13.0. The predicted molar refractivity (Wildman–Crippen MR) is 124 cm³/mol. The maximum Gasteiger partial charge on any atom is 0.225 e. The van der Waals surface area contributed by atoms with Crippen molar-refractivity contribution in [2.75, 3.05) is 11.1 Å². The fraction of sp³-hybridized carbons (Fsp3) is 0.261. The van der Waals surface area contributed by atoms with Crippen LogP contribution in [0.25, 0.3) is 15.3 Å². The molecule has 4 aromatic rings. The Morgan fingerprint density at radius 1 is 1.16 bits per heavy atom. The predicted octanol–water partition coefficient (Wildman–Crippen LogP) is 5.62. The van der Waals surface area contributed by atoms with Crippen molar-refractivity contribution in [2.45, 2.75) is 37.0 Å². The number of amides is 1. The molecule has 1 N–H and O–H groups in total. The third-order valence-corrected chi connectivity index (χ3v) is 7.37. The van der Waals surface area contributed by atoms with Crippen LogP contribution in [-0.4, -0.2) is 26.4 Å². The number of fused-ring (bicyclic) bond motifs is 2. The molecular formula is C23H21FN4OS2. The molecule has 0 saturated carbocycles. The highest BCUT2D eigenvalue weighted by Gasteiger charge is 2.25. The van der Waals surface area contributed by atoms with Gasteiger partial charge in [0.05, 0.1) is 15.9 Å². The largest absolute Gasteiger partial charge is 0.310 e. The minimum Gasteiger partial charge on any atom is -0.310 e. The van der Waals surface area contributed by atoms with E-state index in [2.05, 4.69) is 5.32 Å². The summed E-state index contributed by atoms with van der Waals surface area (Å²) >= 11 is 3.21. The van der Waals surface area contributed by atoms with Crippen molar-refractivity contribution in [1.82, 2.24) is 14.8 Å². The van der Waals surface area contributed by atoms with E-state index in [-0.39, 0.29) is 11.7 Å². The molecule has 1 amide bonds. The molecule has 1 aliphatic rings. The molecule has 31 heavy (non-hydrogen) atoms. The highest BCUT2D eigenvalue weighted by Crippen LogP contribution is 2.33. The first-order valence-electron chi connectivity index (χ1n) is 10.3. The SMILES string of the molecule is O=C(CCCSc1ccc(F)cc1)Nc1c2c(nn1-c1nc3ccccc3s1)CCC2. The summed E-state index contributed by atoms with van der Waals surface area (Å²) in [6.45, 7) is 0. The third-order valence-electron chi connectivity index (χ3n) is 5.26. The van der Waals surface area contributed by atoms with Gasteiger partial charge in [0.2, 0.25) is 11.0 Å². The van der Waals surface area contributed by atoms with Crippen molar-refractivity contribution in [3.05, 3.63) is 65.6 Å². The zero-order chi connectivity index (χ0) is 21.2. The fourth-order valence-corrected chi connectivity index (χ4v) is 5.53. The van der Waals surface area contributed by atoms with E-state index in [0.717, 1.165) is 68.8 Å². The van der Waals surface area contributed by atoms with Gasteiger partial charge in [0.1, 0.15) is 11.6 Å². The van der Waals surface area contributed by atoms with Crippen LogP contribution in [0.5, 0.6) is 0 Å². The van der Waals surface area contributed by atoms with E-state index < -0.39 is 0 Å². The van der Waals surface area contributed by atoms with Gasteiger partial charge in [-0.05, 0) is 67.8 Å². The number of anilines is 1. The maximum atomic E-state index is 13.0. The zero-order valence-electron chi connectivity index (χ0n) is 16.8. The molecular weight excluding hydrogens is 431 g/mol. The molecule has 0 fully saturated rings. The van der Waals surface area contributed by atoms with Crippen molar-refractivity contribution in [3.8, 4) is 5.13 Å². The number of hydrogen-bond acceptors (Lipinski definition) is 5. The van der Waals surface area contributed by atoms with Crippen LogP contribution in [0.1, 0.15) is 30.5 Å². The molecule has 2 aromatic heterocycles. The minimum absolute atomic E-state index is 0.0170. The summed E-state index contributed by atoms with van der Waals surface area (Å²) < 4.78 is 15.9. The third kappa shape index (κ3) is 4.36. The van der Waals surface area contributed by atoms with Gasteiger partial charge in [0.15, 0.2) is 0 Å². The van der Waals surface area contributed by atoms with Crippen LogP contribution in [0, 0.1) is 5.82 Å². The average Bonchev–Trinajstić information content (AvgIpc) is 3.47. The molecule has 0 saturated heterocycles. The molecule has 0 spiro atoms. The Bertz CT molecular complexity index is 1200. The second-order valence-electron chi connectivity index (χ2n) is 7.46. The number of carbonyl (C=O) groups excluding carboxylic acids is 1. The lowest BCUT2D eigenvalue weighted by atomic mass is 10.2. The first-order valence-corrected chi connectivity index (χ1v) is 12.1. The van der Waals surface area contributed by atoms with Crippen LogP contribution < -0.4 is 5.32 Å². The van der Waals surface area contributed by atoms with Gasteiger partial charge in [-0.25, -0.2) is 9.37 Å². The number of hydrogen-bond donors (Lipinski definition) is 1. The fourth-order valence-electron chi connectivity index (χ4n) is 3.76. The van der Waals surface area contributed by atoms with E-state index in [1.165, 1.54) is 12.1 Å². The topological polar surface area (TPSA) is 59.8 Å². The van der Waals surface area contributed by atoms with Gasteiger partial charge in [0.25, 0.3) is 0 Å². The molecule has 0 aliphatic heterocycles. The van der Waals surface area contributed by atoms with Crippen molar-refractivity contribution in [1.29, 1.82) is 0 Å². The summed E-state index contributed by atoms with van der Waals surface area (Å²) in [6, 6.07) is 14.5. The van der Waals surface area contributed by atoms with E-state index in [1.807, 2.05) is 24.3 Å². The smallest absolute Gasteiger partial charge is 0.225 e. The number of nitrogens with one attached hydrogen (secondary N) is 1. The Labute approximate surface area is 187 Å². The molecule has 5 nitrogen and oxygen atoms in total. The molecule has 2 heterocycles. The lowest BCUT2D eigenvalue weighted by Crippen LogP contribution is -2.16. The number of carbonyl (C=O) groups is 1. The van der Waals surface area contributed by atoms with E-state index in [9.17, 15) is 9.18 Å². The van der Waals surface area contributed by atoms with Crippen molar-refractivity contribution >= 4 is 45.0 Å². The number of halogens is 1. The number of rotatable bonds is 7. The van der Waals surface area contributed by atoms with Crippen molar-refractivity contribution < 1.29 is 9.18 Å².